The van der Waals surface area contributed by atoms with Crippen molar-refractivity contribution in [3.63, 3.8) is 0 Å². The second-order valence-corrected chi connectivity index (χ2v) is 10.0. The summed E-state index contributed by atoms with van der Waals surface area (Å²) < 4.78 is 7.12. The van der Waals surface area contributed by atoms with E-state index in [2.05, 4.69) is 81.5 Å². The van der Waals surface area contributed by atoms with Crippen molar-refractivity contribution in [2.24, 2.45) is 7.05 Å². The van der Waals surface area contributed by atoms with Gasteiger partial charge in [0.15, 0.2) is 0 Å². The number of likely N-dealkylation sites (tertiary alicyclic amines) is 1. The van der Waals surface area contributed by atoms with E-state index in [0.29, 0.717) is 5.88 Å². The Balaban J connectivity index is 0. The number of alkyl halides is 1. The van der Waals surface area contributed by atoms with Crippen LogP contribution in [0.2, 0.25) is 0 Å². The van der Waals surface area contributed by atoms with Crippen LogP contribution in [0.5, 0.6) is 0 Å². The van der Waals surface area contributed by atoms with Gasteiger partial charge in [0.25, 0.3) is 0 Å². The second-order valence-electron chi connectivity index (χ2n) is 9.67. The molecule has 0 amide bonds. The first-order valence-electron chi connectivity index (χ1n) is 14.7. The third kappa shape index (κ3) is 19.5. The number of H-pyrrole nitrogens is 1. The van der Waals surface area contributed by atoms with Gasteiger partial charge >= 0.3 is 0 Å². The minimum absolute atomic E-state index is 0. The number of fused-ring (bicyclic) bond motifs is 2. The van der Waals surface area contributed by atoms with E-state index in [1.807, 2.05) is 18.3 Å². The molecule has 2 aromatic carbocycles. The van der Waals surface area contributed by atoms with Crippen LogP contribution in [0.25, 0.3) is 21.8 Å². The Kier molecular flexibility index (Phi) is 29.5. The summed E-state index contributed by atoms with van der Waals surface area (Å²) >= 11 is 4.94. The van der Waals surface area contributed by atoms with Gasteiger partial charge in [-0.1, -0.05) is 64.1 Å². The molecular weight excluding hydrogens is 560 g/mol. The van der Waals surface area contributed by atoms with Crippen molar-refractivity contribution < 1.29 is 14.9 Å². The van der Waals surface area contributed by atoms with Crippen LogP contribution < -0.4 is 5.32 Å². The number of aryl methyl sites for hydroxylation is 1. The summed E-state index contributed by atoms with van der Waals surface area (Å²) in [5, 5.41) is 20.6. The molecule has 4 aromatic rings. The second kappa shape index (κ2) is 29.7. The molecule has 6 rings (SSSR count). The van der Waals surface area contributed by atoms with Gasteiger partial charge in [0.1, 0.15) is 0 Å². The standard InChI is InChI=1S/C9H9N.C8H17NO.C8H7N.C5H11N.C2H5ClO.CH4O.2CH4/c1-10-7-6-8-4-2-3-5-9(8)10;1-10-8-7-9-5-3-2-4-6-9;1-2-4-8-7(3-1)5-6-9-8;1-2-4-6-5-3-1;3-1-2-4;1-2;;/h2-7H,1H3;2-8H2,1H3;1-6,9H;6H,1-5H2;4H,1-2H2;2H,1H3;2*1H4. The molecule has 4 N–H and O–H groups in total. The number of aromatic nitrogens is 2. The zero-order valence-corrected chi connectivity index (χ0v) is 26.2. The summed E-state index contributed by atoms with van der Waals surface area (Å²) in [6.07, 6.45) is 12.4. The molecule has 0 atom stereocenters. The summed E-state index contributed by atoms with van der Waals surface area (Å²) in [7, 11) is 4.83. The lowest BCUT2D eigenvalue weighted by atomic mass is 10.1. The molecule has 4 heterocycles. The Morgan fingerprint density at radius 1 is 0.814 bits per heavy atom. The number of hydrogen-bond donors (Lipinski definition) is 4. The van der Waals surface area contributed by atoms with Gasteiger partial charge in [-0.25, -0.2) is 0 Å². The van der Waals surface area contributed by atoms with Gasteiger partial charge in [0, 0.05) is 57.1 Å². The average Bonchev–Trinajstić information content (AvgIpc) is 3.70. The molecule has 2 fully saturated rings. The maximum atomic E-state index is 7.74. The number of aliphatic hydroxyl groups excluding tert-OH is 2. The van der Waals surface area contributed by atoms with Crippen molar-refractivity contribution in [1.82, 2.24) is 19.8 Å². The monoisotopic (exact) mass is 620 g/mol. The maximum absolute atomic E-state index is 7.74. The van der Waals surface area contributed by atoms with Gasteiger partial charge in [-0.05, 0) is 86.9 Å². The minimum Gasteiger partial charge on any atom is -0.400 e. The van der Waals surface area contributed by atoms with Crippen LogP contribution in [-0.4, -0.2) is 90.7 Å². The third-order valence-electron chi connectivity index (χ3n) is 6.61. The van der Waals surface area contributed by atoms with Gasteiger partial charge in [-0.15, -0.1) is 11.6 Å². The van der Waals surface area contributed by atoms with Crippen LogP contribution in [0.15, 0.2) is 73.1 Å². The SMILES string of the molecule is C.C.C1CCNCC1.CO.COCCN1CCCCC1.Cn1ccc2ccccc21.OCCCl.c1ccc2[nH]ccc2c1. The van der Waals surface area contributed by atoms with Gasteiger partial charge in [0.2, 0.25) is 0 Å². The molecule has 0 unspecified atom stereocenters. The Labute approximate surface area is 267 Å². The number of para-hydroxylation sites is 2. The van der Waals surface area contributed by atoms with Crippen LogP contribution in [-0.2, 0) is 11.8 Å². The topological polar surface area (TPSA) is 85.7 Å². The Morgan fingerprint density at radius 3 is 1.91 bits per heavy atom. The Hall–Kier alpha value is -2.39. The number of halogens is 1. The first kappa shape index (κ1) is 42.7. The smallest absolute Gasteiger partial charge is 0.0589 e. The predicted molar refractivity (Wildman–Crippen MR) is 190 cm³/mol. The highest BCUT2D eigenvalue weighted by molar-refractivity contribution is 6.17. The summed E-state index contributed by atoms with van der Waals surface area (Å²) in [5.41, 5.74) is 2.50. The van der Waals surface area contributed by atoms with E-state index < -0.39 is 0 Å². The highest BCUT2D eigenvalue weighted by Gasteiger charge is 2.08. The summed E-state index contributed by atoms with van der Waals surface area (Å²) in [5.74, 6) is 0.347. The van der Waals surface area contributed by atoms with Crippen LogP contribution in [0.3, 0.4) is 0 Å². The maximum Gasteiger partial charge on any atom is 0.0589 e. The Bertz CT molecular complexity index is 1060. The van der Waals surface area contributed by atoms with E-state index in [-0.39, 0.29) is 21.5 Å². The summed E-state index contributed by atoms with van der Waals surface area (Å²) in [6, 6.07) is 20.8. The molecule has 2 saturated heterocycles. The van der Waals surface area contributed by atoms with E-state index in [1.165, 1.54) is 86.5 Å². The van der Waals surface area contributed by atoms with Gasteiger partial charge in [0.05, 0.1) is 13.2 Å². The van der Waals surface area contributed by atoms with Gasteiger partial charge in [-0.2, -0.15) is 0 Å². The molecule has 43 heavy (non-hydrogen) atoms. The average molecular weight is 621 g/mol. The largest absolute Gasteiger partial charge is 0.400 e. The molecule has 2 aromatic heterocycles. The first-order chi connectivity index (χ1) is 20.2. The lowest BCUT2D eigenvalue weighted by molar-refractivity contribution is 0.135. The molecule has 2 aliphatic heterocycles. The normalized spacial score (nSPS) is 13.7. The molecule has 0 saturated carbocycles. The lowest BCUT2D eigenvalue weighted by Gasteiger charge is -2.25. The van der Waals surface area contributed by atoms with E-state index in [9.17, 15) is 0 Å². The fourth-order valence-corrected chi connectivity index (χ4v) is 4.42. The molecule has 0 aliphatic carbocycles. The fourth-order valence-electron chi connectivity index (χ4n) is 4.42. The van der Waals surface area contributed by atoms with Crippen LogP contribution in [0.1, 0.15) is 53.4 Å². The van der Waals surface area contributed by atoms with Gasteiger partial charge < -0.3 is 34.7 Å². The number of nitrogens with zero attached hydrogens (tertiary/aromatic N) is 2. The number of nitrogens with one attached hydrogen (secondary N) is 2. The van der Waals surface area contributed by atoms with Crippen LogP contribution >= 0.6 is 11.6 Å². The Morgan fingerprint density at radius 2 is 1.40 bits per heavy atom. The number of aliphatic hydroxyl groups is 2. The molecule has 8 heteroatoms. The quantitative estimate of drug-likeness (QED) is 0.180. The highest BCUT2D eigenvalue weighted by Crippen LogP contribution is 2.12. The van der Waals surface area contributed by atoms with Crippen LogP contribution in [0.4, 0.5) is 0 Å². The summed E-state index contributed by atoms with van der Waals surface area (Å²) in [4.78, 5) is 5.60. The van der Waals surface area contributed by atoms with Crippen molar-refractivity contribution in [1.29, 1.82) is 0 Å². The molecule has 0 spiro atoms. The lowest BCUT2D eigenvalue weighted by Crippen LogP contribution is -2.32. The van der Waals surface area contributed by atoms with Crippen molar-refractivity contribution in [2.45, 2.75) is 53.4 Å². The zero-order chi connectivity index (χ0) is 30.0. The molecule has 246 valence electrons. The number of piperidine rings is 2. The number of methoxy groups -OCH3 is 1. The van der Waals surface area contributed by atoms with Crippen molar-refractivity contribution in [3.8, 4) is 0 Å². The van der Waals surface area contributed by atoms with E-state index >= 15 is 0 Å². The number of benzene rings is 2. The van der Waals surface area contributed by atoms with Crippen molar-refractivity contribution in [3.05, 3.63) is 73.1 Å². The van der Waals surface area contributed by atoms with Gasteiger partial charge in [-0.3, -0.25) is 0 Å². The third-order valence-corrected chi connectivity index (χ3v) is 6.78. The van der Waals surface area contributed by atoms with Crippen molar-refractivity contribution in [2.75, 3.05) is 66.0 Å². The fraction of sp³-hybridized carbons (Fsp3) is 0.543. The highest BCUT2D eigenvalue weighted by atomic mass is 35.5. The minimum atomic E-state index is 0. The number of hydrogen-bond acceptors (Lipinski definition) is 5. The van der Waals surface area contributed by atoms with Crippen LogP contribution in [0, 0.1) is 0 Å². The number of rotatable bonds is 4. The molecule has 7 nitrogen and oxygen atoms in total. The van der Waals surface area contributed by atoms with Crippen molar-refractivity contribution >= 4 is 33.4 Å². The molecular formula is C35H61ClN4O3. The number of aromatic amines is 1. The molecule has 2 aliphatic rings. The molecule has 0 bridgehead atoms. The van der Waals surface area contributed by atoms with E-state index in [4.69, 9.17) is 26.6 Å². The number of ether oxygens (including phenoxy) is 1. The molecule has 0 radical (unpaired) electrons. The predicted octanol–water partition coefficient (Wildman–Crippen LogP) is 7.32. The summed E-state index contributed by atoms with van der Waals surface area (Å²) in [6.45, 7) is 7.16. The zero-order valence-electron chi connectivity index (χ0n) is 25.4. The first-order valence-corrected chi connectivity index (χ1v) is 15.3. The van der Waals surface area contributed by atoms with E-state index in [1.54, 1.807) is 7.11 Å². The van der Waals surface area contributed by atoms with E-state index in [0.717, 1.165) is 20.3 Å².